The molecule has 0 radical (unpaired) electrons. The molecule has 2 N–H and O–H groups in total. The molecule has 0 unspecified atom stereocenters. The second kappa shape index (κ2) is 5.93. The molecule has 2 aromatic rings. The predicted molar refractivity (Wildman–Crippen MR) is 67.9 cm³/mol. The third kappa shape index (κ3) is 3.61. The third-order valence-electron chi connectivity index (χ3n) is 1.92. The van der Waals surface area contributed by atoms with Gasteiger partial charge in [-0.2, -0.15) is 0 Å². The highest BCUT2D eigenvalue weighted by Crippen LogP contribution is 2.29. The number of thioether (sulfide) groups is 1. The van der Waals surface area contributed by atoms with Crippen LogP contribution in [-0.2, 0) is 4.79 Å². The van der Waals surface area contributed by atoms with Gasteiger partial charge in [0.15, 0.2) is 4.34 Å². The van der Waals surface area contributed by atoms with E-state index in [-0.39, 0.29) is 16.6 Å². The van der Waals surface area contributed by atoms with Gasteiger partial charge in [0.25, 0.3) is 0 Å². The van der Waals surface area contributed by atoms with Crippen LogP contribution in [0, 0.1) is 11.6 Å². The van der Waals surface area contributed by atoms with Crippen LogP contribution in [0.15, 0.2) is 22.5 Å². The van der Waals surface area contributed by atoms with Crippen LogP contribution in [0.4, 0.5) is 19.6 Å². The van der Waals surface area contributed by atoms with E-state index in [1.165, 1.54) is 6.07 Å². The predicted octanol–water partition coefficient (Wildman–Crippen LogP) is 2.74. The first-order valence-corrected chi connectivity index (χ1v) is 6.75. The average Bonchev–Trinajstić information content (AvgIpc) is 2.79. The minimum Gasteiger partial charge on any atom is -0.481 e. The van der Waals surface area contributed by atoms with Crippen molar-refractivity contribution in [1.82, 2.24) is 10.2 Å². The molecule has 0 saturated heterocycles. The summed E-state index contributed by atoms with van der Waals surface area (Å²) < 4.78 is 27.1. The van der Waals surface area contributed by atoms with Crippen molar-refractivity contribution in [2.75, 3.05) is 11.1 Å². The van der Waals surface area contributed by atoms with E-state index in [2.05, 4.69) is 15.5 Å². The van der Waals surface area contributed by atoms with Crippen LogP contribution < -0.4 is 5.32 Å². The van der Waals surface area contributed by atoms with Gasteiger partial charge in [0.05, 0.1) is 5.75 Å². The molecule has 19 heavy (non-hydrogen) atoms. The molecule has 0 aliphatic heterocycles. The third-order valence-corrected chi connectivity index (χ3v) is 3.88. The maximum absolute atomic E-state index is 13.4. The van der Waals surface area contributed by atoms with Gasteiger partial charge in [-0.1, -0.05) is 29.2 Å². The summed E-state index contributed by atoms with van der Waals surface area (Å²) in [5, 5.41) is 18.6. The van der Waals surface area contributed by atoms with Gasteiger partial charge in [-0.05, 0) is 12.1 Å². The smallest absolute Gasteiger partial charge is 0.313 e. The van der Waals surface area contributed by atoms with E-state index < -0.39 is 17.6 Å². The van der Waals surface area contributed by atoms with Gasteiger partial charge in [-0.25, -0.2) is 8.78 Å². The van der Waals surface area contributed by atoms with Crippen molar-refractivity contribution in [3.05, 3.63) is 29.8 Å². The van der Waals surface area contributed by atoms with E-state index in [1.807, 2.05) is 0 Å². The highest BCUT2D eigenvalue weighted by atomic mass is 32.2. The van der Waals surface area contributed by atoms with Gasteiger partial charge in [0.1, 0.15) is 17.3 Å². The summed E-state index contributed by atoms with van der Waals surface area (Å²) in [7, 11) is 0. The van der Waals surface area contributed by atoms with Gasteiger partial charge in [-0.3, -0.25) is 4.79 Å². The lowest BCUT2D eigenvalue weighted by Gasteiger charge is -2.04. The molecular weight excluding hydrogens is 296 g/mol. The molecule has 100 valence electrons. The summed E-state index contributed by atoms with van der Waals surface area (Å²) in [5.74, 6) is -2.61. The number of rotatable bonds is 5. The molecule has 9 heteroatoms. The van der Waals surface area contributed by atoms with Crippen LogP contribution in [0.25, 0.3) is 0 Å². The van der Waals surface area contributed by atoms with Crippen LogP contribution in [0.2, 0.25) is 0 Å². The number of hydrogen-bond donors (Lipinski definition) is 2. The van der Waals surface area contributed by atoms with Gasteiger partial charge >= 0.3 is 5.97 Å². The fourth-order valence-electron chi connectivity index (χ4n) is 1.17. The zero-order valence-corrected chi connectivity index (χ0v) is 10.9. The maximum Gasteiger partial charge on any atom is 0.313 e. The number of carbonyl (C=O) groups is 1. The van der Waals surface area contributed by atoms with Gasteiger partial charge in [0.2, 0.25) is 5.13 Å². The van der Waals surface area contributed by atoms with Gasteiger partial charge in [-0.15, -0.1) is 10.2 Å². The minimum atomic E-state index is -0.977. The van der Waals surface area contributed by atoms with Crippen LogP contribution in [0.3, 0.4) is 0 Å². The van der Waals surface area contributed by atoms with Crippen molar-refractivity contribution >= 4 is 39.9 Å². The molecule has 0 saturated carbocycles. The summed E-state index contributed by atoms with van der Waals surface area (Å²) in [5.41, 5.74) is -0.312. The fourth-order valence-corrected chi connectivity index (χ4v) is 2.64. The molecule has 0 spiro atoms. The highest BCUT2D eigenvalue weighted by Gasteiger charge is 2.12. The molecular formula is C10H7F2N3O2S2. The molecule has 1 aromatic carbocycles. The Morgan fingerprint density at radius 3 is 2.68 bits per heavy atom. The highest BCUT2D eigenvalue weighted by molar-refractivity contribution is 8.01. The molecule has 1 heterocycles. The SMILES string of the molecule is O=C(O)CSc1nnc(Nc2c(F)cccc2F)s1. The van der Waals surface area contributed by atoms with E-state index in [4.69, 9.17) is 5.11 Å². The quantitative estimate of drug-likeness (QED) is 0.827. The monoisotopic (exact) mass is 303 g/mol. The molecule has 0 atom stereocenters. The Labute approximate surface area is 114 Å². The molecule has 2 rings (SSSR count). The van der Waals surface area contributed by atoms with E-state index in [0.717, 1.165) is 35.2 Å². The zero-order valence-electron chi connectivity index (χ0n) is 9.26. The number of nitrogens with one attached hydrogen (secondary N) is 1. The lowest BCUT2D eigenvalue weighted by atomic mass is 10.3. The molecule has 0 aliphatic rings. The molecule has 0 bridgehead atoms. The number of hydrogen-bond acceptors (Lipinski definition) is 6. The maximum atomic E-state index is 13.4. The van der Waals surface area contributed by atoms with Crippen molar-refractivity contribution in [2.45, 2.75) is 4.34 Å². The number of carboxylic acids is 1. The molecule has 0 fully saturated rings. The van der Waals surface area contributed by atoms with Crippen molar-refractivity contribution < 1.29 is 18.7 Å². The van der Waals surface area contributed by atoms with E-state index >= 15 is 0 Å². The van der Waals surface area contributed by atoms with Crippen LogP contribution in [0.5, 0.6) is 0 Å². The standard InChI is InChI=1S/C10H7F2N3O2S2/c11-5-2-1-3-6(12)8(5)13-9-14-15-10(19-9)18-4-7(16)17/h1-3H,4H2,(H,13,14)(H,16,17). The van der Waals surface area contributed by atoms with E-state index in [1.54, 1.807) is 0 Å². The summed E-state index contributed by atoms with van der Waals surface area (Å²) in [6.45, 7) is 0. The Morgan fingerprint density at radius 2 is 2.05 bits per heavy atom. The molecule has 0 amide bonds. The number of carboxylic acid groups (broad SMARTS) is 1. The Bertz CT molecular complexity index is 586. The first kappa shape index (κ1) is 13.7. The summed E-state index contributed by atoms with van der Waals surface area (Å²) in [4.78, 5) is 10.4. The Morgan fingerprint density at radius 1 is 1.37 bits per heavy atom. The summed E-state index contributed by atoms with van der Waals surface area (Å²) in [6, 6.07) is 3.49. The lowest BCUT2D eigenvalue weighted by molar-refractivity contribution is -0.133. The van der Waals surface area contributed by atoms with E-state index in [9.17, 15) is 13.6 Å². The largest absolute Gasteiger partial charge is 0.481 e. The van der Waals surface area contributed by atoms with Gasteiger partial charge < -0.3 is 10.4 Å². The average molecular weight is 303 g/mol. The van der Waals surface area contributed by atoms with Crippen molar-refractivity contribution in [2.24, 2.45) is 0 Å². The zero-order chi connectivity index (χ0) is 13.8. The second-order valence-corrected chi connectivity index (χ2v) is 5.48. The topological polar surface area (TPSA) is 75.1 Å². The number of halogens is 2. The van der Waals surface area contributed by atoms with Crippen LogP contribution in [0.1, 0.15) is 0 Å². The Hall–Kier alpha value is -1.74. The molecule has 0 aliphatic carbocycles. The molecule has 1 aromatic heterocycles. The molecule has 5 nitrogen and oxygen atoms in total. The first-order valence-electron chi connectivity index (χ1n) is 4.95. The summed E-state index contributed by atoms with van der Waals surface area (Å²) in [6.07, 6.45) is 0. The van der Waals surface area contributed by atoms with Crippen molar-refractivity contribution in [3.63, 3.8) is 0 Å². The number of benzene rings is 1. The number of aliphatic carboxylic acids is 1. The normalized spacial score (nSPS) is 10.4. The number of nitrogens with zero attached hydrogens (tertiary/aromatic N) is 2. The number of aromatic nitrogens is 2. The van der Waals surface area contributed by atoms with Crippen LogP contribution in [-0.4, -0.2) is 27.0 Å². The van der Waals surface area contributed by atoms with Gasteiger partial charge in [0, 0.05) is 0 Å². The second-order valence-electron chi connectivity index (χ2n) is 3.28. The van der Waals surface area contributed by atoms with Crippen LogP contribution >= 0.6 is 23.1 Å². The number of anilines is 2. The van der Waals surface area contributed by atoms with E-state index in [0.29, 0.717) is 4.34 Å². The Balaban J connectivity index is 2.09. The summed E-state index contributed by atoms with van der Waals surface area (Å²) >= 11 is 2.01. The van der Waals surface area contributed by atoms with Crippen molar-refractivity contribution in [3.8, 4) is 0 Å². The lowest BCUT2D eigenvalue weighted by Crippen LogP contribution is -1.96. The number of para-hydroxylation sites is 1. The van der Waals surface area contributed by atoms with Crippen molar-refractivity contribution in [1.29, 1.82) is 0 Å². The fraction of sp³-hybridized carbons (Fsp3) is 0.100. The first-order chi connectivity index (χ1) is 9.06. The Kier molecular flexibility index (Phi) is 4.27. The minimum absolute atomic E-state index is 0.150.